The van der Waals surface area contributed by atoms with Crippen LogP contribution in [-0.4, -0.2) is 48.3 Å². The summed E-state index contributed by atoms with van der Waals surface area (Å²) >= 11 is 6.11. The molecule has 2 unspecified atom stereocenters. The lowest BCUT2D eigenvalue weighted by Crippen LogP contribution is -2.45. The van der Waals surface area contributed by atoms with Crippen LogP contribution in [0.25, 0.3) is 0 Å². The lowest BCUT2D eigenvalue weighted by Gasteiger charge is -2.35. The summed E-state index contributed by atoms with van der Waals surface area (Å²) in [5.41, 5.74) is 0.454. The number of unbranched alkanes of at least 4 members (excludes halogenated alkanes) is 1. The second-order valence-electron chi connectivity index (χ2n) is 5.78. The van der Waals surface area contributed by atoms with E-state index in [1.165, 1.54) is 0 Å². The molecular formula is C16H23ClN4O. The second-order valence-corrected chi connectivity index (χ2v) is 6.16. The zero-order valence-electron chi connectivity index (χ0n) is 13.2. The molecule has 5 nitrogen and oxygen atoms in total. The topological polar surface area (TPSA) is 61.2 Å². The third kappa shape index (κ3) is 4.84. The normalized spacial score (nSPS) is 22.3. The summed E-state index contributed by atoms with van der Waals surface area (Å²) in [4.78, 5) is 6.63. The fourth-order valence-corrected chi connectivity index (χ4v) is 3.01. The molecule has 1 aromatic rings. The maximum atomic E-state index is 8.93. The lowest BCUT2D eigenvalue weighted by atomic mass is 10.2. The van der Waals surface area contributed by atoms with Crippen LogP contribution in [0.1, 0.15) is 32.3 Å². The molecule has 0 amide bonds. The summed E-state index contributed by atoms with van der Waals surface area (Å²) in [6, 6.07) is 3.68. The monoisotopic (exact) mass is 322 g/mol. The van der Waals surface area contributed by atoms with E-state index in [9.17, 15) is 0 Å². The van der Waals surface area contributed by atoms with E-state index in [0.29, 0.717) is 28.6 Å². The van der Waals surface area contributed by atoms with Gasteiger partial charge in [0.1, 0.15) is 16.9 Å². The minimum atomic E-state index is 0.318. The van der Waals surface area contributed by atoms with Crippen LogP contribution in [0.2, 0.25) is 5.02 Å². The number of hydrogen-bond donors (Lipinski definition) is 1. The summed E-state index contributed by atoms with van der Waals surface area (Å²) in [6.45, 7) is 8.15. The average Bonchev–Trinajstić information content (AvgIpc) is 2.47. The smallest absolute Gasteiger partial charge is 0.146 e. The van der Waals surface area contributed by atoms with E-state index in [2.05, 4.69) is 35.1 Å². The van der Waals surface area contributed by atoms with E-state index in [1.807, 2.05) is 0 Å². The van der Waals surface area contributed by atoms with Gasteiger partial charge in [-0.05, 0) is 39.3 Å². The van der Waals surface area contributed by atoms with Crippen molar-refractivity contribution < 1.29 is 4.74 Å². The number of anilines is 1. The minimum absolute atomic E-state index is 0.318. The number of nitriles is 1. The number of pyridine rings is 1. The van der Waals surface area contributed by atoms with Crippen molar-refractivity contribution in [3.05, 3.63) is 22.8 Å². The maximum Gasteiger partial charge on any atom is 0.146 e. The average molecular weight is 323 g/mol. The van der Waals surface area contributed by atoms with E-state index in [1.54, 1.807) is 12.3 Å². The van der Waals surface area contributed by atoms with Crippen molar-refractivity contribution in [3.8, 4) is 6.07 Å². The number of hydrogen-bond acceptors (Lipinski definition) is 5. The number of nitrogens with zero attached hydrogens (tertiary/aromatic N) is 3. The Kier molecular flexibility index (Phi) is 6.44. The molecule has 0 aliphatic carbocycles. The Morgan fingerprint density at radius 3 is 2.82 bits per heavy atom. The van der Waals surface area contributed by atoms with Gasteiger partial charge in [0.05, 0.1) is 17.8 Å². The minimum Gasteiger partial charge on any atom is -0.373 e. The van der Waals surface area contributed by atoms with E-state index in [4.69, 9.17) is 21.6 Å². The molecule has 2 heterocycles. The highest BCUT2D eigenvalue weighted by Crippen LogP contribution is 2.22. The van der Waals surface area contributed by atoms with Crippen LogP contribution in [0, 0.1) is 11.3 Å². The fourth-order valence-electron chi connectivity index (χ4n) is 2.79. The van der Waals surface area contributed by atoms with Gasteiger partial charge in [-0.25, -0.2) is 4.98 Å². The van der Waals surface area contributed by atoms with E-state index >= 15 is 0 Å². The van der Waals surface area contributed by atoms with Crippen LogP contribution in [0.3, 0.4) is 0 Å². The molecule has 1 N–H and O–H groups in total. The molecule has 0 saturated carbocycles. The molecule has 0 radical (unpaired) electrons. The summed E-state index contributed by atoms with van der Waals surface area (Å²) in [5.74, 6) is 0.592. The highest BCUT2D eigenvalue weighted by atomic mass is 35.5. The Bertz CT molecular complexity index is 521. The highest BCUT2D eigenvalue weighted by Gasteiger charge is 2.21. The highest BCUT2D eigenvalue weighted by molar-refractivity contribution is 6.34. The Morgan fingerprint density at radius 2 is 2.14 bits per heavy atom. The van der Waals surface area contributed by atoms with Gasteiger partial charge in [-0.3, -0.25) is 4.90 Å². The molecule has 1 aliphatic rings. The van der Waals surface area contributed by atoms with Gasteiger partial charge in [0.25, 0.3) is 0 Å². The summed E-state index contributed by atoms with van der Waals surface area (Å²) < 4.78 is 5.73. The molecule has 0 bridgehead atoms. The Hall–Kier alpha value is -1.35. The third-order valence-electron chi connectivity index (χ3n) is 3.70. The van der Waals surface area contributed by atoms with Crippen molar-refractivity contribution in [1.29, 1.82) is 5.26 Å². The number of ether oxygens (including phenoxy) is 1. The summed E-state index contributed by atoms with van der Waals surface area (Å²) in [7, 11) is 0. The van der Waals surface area contributed by atoms with Gasteiger partial charge in [0, 0.05) is 25.8 Å². The maximum absolute atomic E-state index is 8.93. The summed E-state index contributed by atoms with van der Waals surface area (Å²) in [5, 5.41) is 12.5. The Balaban J connectivity index is 1.69. The van der Waals surface area contributed by atoms with Crippen LogP contribution in [0.5, 0.6) is 0 Å². The molecule has 6 heteroatoms. The van der Waals surface area contributed by atoms with Gasteiger partial charge in [0.2, 0.25) is 0 Å². The number of morpholine rings is 1. The van der Waals surface area contributed by atoms with Crippen molar-refractivity contribution >= 4 is 17.4 Å². The first-order valence-corrected chi connectivity index (χ1v) is 8.14. The van der Waals surface area contributed by atoms with E-state index < -0.39 is 0 Å². The van der Waals surface area contributed by atoms with Crippen molar-refractivity contribution in [2.24, 2.45) is 0 Å². The largest absolute Gasteiger partial charge is 0.373 e. The van der Waals surface area contributed by atoms with Crippen molar-refractivity contribution in [2.75, 3.05) is 31.5 Å². The van der Waals surface area contributed by atoms with Crippen LogP contribution < -0.4 is 5.32 Å². The molecule has 1 fully saturated rings. The molecule has 120 valence electrons. The van der Waals surface area contributed by atoms with Gasteiger partial charge in [-0.15, -0.1) is 0 Å². The van der Waals surface area contributed by atoms with Gasteiger partial charge < -0.3 is 10.1 Å². The van der Waals surface area contributed by atoms with Crippen molar-refractivity contribution in [2.45, 2.75) is 38.9 Å². The van der Waals surface area contributed by atoms with Crippen LogP contribution in [0.15, 0.2) is 12.3 Å². The third-order valence-corrected chi connectivity index (χ3v) is 4.08. The van der Waals surface area contributed by atoms with Gasteiger partial charge >= 0.3 is 0 Å². The number of aromatic nitrogens is 1. The second kappa shape index (κ2) is 8.33. The van der Waals surface area contributed by atoms with E-state index in [-0.39, 0.29) is 0 Å². The first-order chi connectivity index (χ1) is 10.6. The van der Waals surface area contributed by atoms with Crippen LogP contribution in [-0.2, 0) is 4.74 Å². The summed E-state index contributed by atoms with van der Waals surface area (Å²) in [6.07, 6.45) is 4.39. The zero-order chi connectivity index (χ0) is 15.9. The van der Waals surface area contributed by atoms with Crippen LogP contribution in [0.4, 0.5) is 5.82 Å². The van der Waals surface area contributed by atoms with Crippen LogP contribution >= 0.6 is 11.6 Å². The number of rotatable bonds is 6. The predicted molar refractivity (Wildman–Crippen MR) is 88.1 cm³/mol. The SMILES string of the molecule is CC1CN(CCCCNc2nccc(C#N)c2Cl)CC(C)O1. The van der Waals surface area contributed by atoms with Gasteiger partial charge in [0.15, 0.2) is 0 Å². The lowest BCUT2D eigenvalue weighted by molar-refractivity contribution is -0.0681. The predicted octanol–water partition coefficient (Wildman–Crippen LogP) is 2.91. The standard InChI is InChI=1S/C16H23ClN4O/c1-12-10-21(11-13(2)22-12)8-4-3-6-19-16-15(17)14(9-18)5-7-20-16/h5,7,12-13H,3-4,6,8,10-11H2,1-2H3,(H,19,20). The quantitative estimate of drug-likeness (QED) is 0.816. The molecule has 22 heavy (non-hydrogen) atoms. The fraction of sp³-hybridized carbons (Fsp3) is 0.625. The molecule has 0 aromatic carbocycles. The van der Waals surface area contributed by atoms with Crippen molar-refractivity contribution in [1.82, 2.24) is 9.88 Å². The number of halogens is 1. The van der Waals surface area contributed by atoms with Gasteiger partial charge in [-0.2, -0.15) is 5.26 Å². The Morgan fingerprint density at radius 1 is 1.41 bits per heavy atom. The first-order valence-electron chi connectivity index (χ1n) is 7.76. The molecular weight excluding hydrogens is 300 g/mol. The molecule has 2 rings (SSSR count). The molecule has 1 aromatic heterocycles. The molecule has 0 spiro atoms. The molecule has 2 atom stereocenters. The zero-order valence-corrected chi connectivity index (χ0v) is 13.9. The Labute approximate surface area is 137 Å². The molecule has 1 saturated heterocycles. The van der Waals surface area contributed by atoms with Gasteiger partial charge in [-0.1, -0.05) is 11.6 Å². The molecule has 1 aliphatic heterocycles. The first kappa shape index (κ1) is 17.0. The van der Waals surface area contributed by atoms with Crippen molar-refractivity contribution in [3.63, 3.8) is 0 Å². The number of nitrogens with one attached hydrogen (secondary N) is 1. The van der Waals surface area contributed by atoms with E-state index in [0.717, 1.165) is 39.0 Å².